The van der Waals surface area contributed by atoms with Gasteiger partial charge in [-0.15, -0.1) is 5.10 Å². The molecule has 4 rings (SSSR count). The van der Waals surface area contributed by atoms with Crippen molar-refractivity contribution in [2.24, 2.45) is 0 Å². The first kappa shape index (κ1) is 22.7. The summed E-state index contributed by atoms with van der Waals surface area (Å²) in [5.74, 6) is 0.0213. The van der Waals surface area contributed by atoms with Crippen LogP contribution < -0.4 is 4.74 Å². The van der Waals surface area contributed by atoms with Crippen LogP contribution in [0.5, 0.6) is 5.88 Å². The minimum Gasteiger partial charge on any atom is -0.472 e. The summed E-state index contributed by atoms with van der Waals surface area (Å²) < 4.78 is 14.8. The van der Waals surface area contributed by atoms with Gasteiger partial charge in [0.25, 0.3) is 0 Å². The van der Waals surface area contributed by atoms with Gasteiger partial charge in [0.1, 0.15) is 5.69 Å². The van der Waals surface area contributed by atoms with Gasteiger partial charge in [0.15, 0.2) is 10.8 Å². The Morgan fingerprint density at radius 2 is 2.00 bits per heavy atom. The molecular weight excluding hydrogens is 461 g/mol. The van der Waals surface area contributed by atoms with Crippen molar-refractivity contribution in [1.82, 2.24) is 29.5 Å². The molecule has 0 radical (unpaired) electrons. The molecule has 0 N–H and O–H groups in total. The van der Waals surface area contributed by atoms with Crippen LogP contribution >= 0.6 is 23.2 Å². The van der Waals surface area contributed by atoms with Gasteiger partial charge in [-0.3, -0.25) is 14.8 Å². The Balaban J connectivity index is 1.46. The molecule has 2 unspecified atom stereocenters. The summed E-state index contributed by atoms with van der Waals surface area (Å²) in [5.41, 5.74) is 0.889. The first-order valence-corrected chi connectivity index (χ1v) is 11.1. The van der Waals surface area contributed by atoms with Gasteiger partial charge in [0.05, 0.1) is 35.2 Å². The maximum Gasteiger partial charge on any atom is 0.352 e. The van der Waals surface area contributed by atoms with E-state index < -0.39 is 4.92 Å². The van der Waals surface area contributed by atoms with Gasteiger partial charge < -0.3 is 9.47 Å². The lowest BCUT2D eigenvalue weighted by Gasteiger charge is -2.32. The highest BCUT2D eigenvalue weighted by Gasteiger charge is 2.33. The number of hydrogen-bond donors (Lipinski definition) is 0. The molecule has 1 saturated heterocycles. The van der Waals surface area contributed by atoms with Crippen molar-refractivity contribution in [1.29, 1.82) is 0 Å². The average molecular weight is 484 g/mol. The lowest BCUT2D eigenvalue weighted by Crippen LogP contribution is -2.31. The number of nitro groups is 1. The van der Waals surface area contributed by atoms with Crippen molar-refractivity contribution in [2.75, 3.05) is 6.61 Å². The molecule has 2 atom stereocenters. The Hall–Kier alpha value is -2.50. The number of hydrogen-bond acceptors (Lipinski definition) is 8. The van der Waals surface area contributed by atoms with Crippen LogP contribution in [0.1, 0.15) is 44.8 Å². The molecule has 0 spiro atoms. The molecule has 32 heavy (non-hydrogen) atoms. The lowest BCUT2D eigenvalue weighted by atomic mass is 10.00. The van der Waals surface area contributed by atoms with E-state index in [2.05, 4.69) is 20.2 Å². The molecule has 0 aromatic carbocycles. The molecule has 0 bridgehead atoms. The van der Waals surface area contributed by atoms with E-state index in [9.17, 15) is 10.1 Å². The highest BCUT2D eigenvalue weighted by molar-refractivity contribution is 6.34. The first-order valence-electron chi connectivity index (χ1n) is 10.3. The molecule has 0 aliphatic carbocycles. The molecule has 0 amide bonds. The molecule has 13 heteroatoms. The molecule has 3 aromatic heterocycles. The van der Waals surface area contributed by atoms with Crippen LogP contribution in [0, 0.1) is 17.0 Å². The minimum absolute atomic E-state index is 0.0202. The average Bonchev–Trinajstić information content (AvgIpc) is 3.21. The topological polar surface area (TPSA) is 123 Å². The Kier molecular flexibility index (Phi) is 6.50. The third kappa shape index (κ3) is 4.50. The zero-order valence-corrected chi connectivity index (χ0v) is 19.4. The number of aromatic nitrogens is 6. The summed E-state index contributed by atoms with van der Waals surface area (Å²) in [4.78, 5) is 19.3. The van der Waals surface area contributed by atoms with Crippen molar-refractivity contribution in [3.05, 3.63) is 32.4 Å². The summed E-state index contributed by atoms with van der Waals surface area (Å²) in [6.07, 6.45) is 3.61. The van der Waals surface area contributed by atoms with Gasteiger partial charge in [-0.2, -0.15) is 10.1 Å². The van der Waals surface area contributed by atoms with Crippen molar-refractivity contribution >= 4 is 39.9 Å². The van der Waals surface area contributed by atoms with Gasteiger partial charge in [-0.05, 0) is 45.2 Å². The second kappa shape index (κ2) is 9.16. The largest absolute Gasteiger partial charge is 0.472 e. The number of aryl methyl sites for hydroxylation is 1. The van der Waals surface area contributed by atoms with Gasteiger partial charge in [0.2, 0.25) is 5.28 Å². The zero-order valence-electron chi connectivity index (χ0n) is 17.9. The fraction of sp³-hybridized carbons (Fsp3) is 0.579. The molecule has 11 nitrogen and oxygen atoms in total. The van der Waals surface area contributed by atoms with Crippen molar-refractivity contribution in [3.63, 3.8) is 0 Å². The Morgan fingerprint density at radius 1 is 1.28 bits per heavy atom. The van der Waals surface area contributed by atoms with Gasteiger partial charge in [0, 0.05) is 19.2 Å². The maximum atomic E-state index is 11.7. The normalized spacial score (nSPS) is 21.2. The smallest absolute Gasteiger partial charge is 0.352 e. The van der Waals surface area contributed by atoms with Crippen molar-refractivity contribution in [3.8, 4) is 5.88 Å². The molecule has 0 saturated carbocycles. The number of rotatable bonds is 7. The SMILES string of the molecule is Cc1c([N+](=O)[O-])c(OCCCn2nc(Cl)c3cnc(Cl)nc32)nn1C1CC(C)OC(C)C1. The van der Waals surface area contributed by atoms with Crippen LogP contribution in [0.2, 0.25) is 10.4 Å². The van der Waals surface area contributed by atoms with Crippen molar-refractivity contribution in [2.45, 2.75) is 64.8 Å². The van der Waals surface area contributed by atoms with Crippen molar-refractivity contribution < 1.29 is 14.4 Å². The Bertz CT molecular complexity index is 1140. The van der Waals surface area contributed by atoms with Crippen LogP contribution in [0.25, 0.3) is 11.0 Å². The van der Waals surface area contributed by atoms with E-state index in [1.165, 1.54) is 6.20 Å². The summed E-state index contributed by atoms with van der Waals surface area (Å²) in [5, 5.41) is 21.4. The molecule has 1 fully saturated rings. The Morgan fingerprint density at radius 3 is 2.69 bits per heavy atom. The van der Waals surface area contributed by atoms with Crippen LogP contribution in [-0.4, -0.2) is 53.3 Å². The van der Waals surface area contributed by atoms with E-state index in [0.29, 0.717) is 29.7 Å². The Labute approximate surface area is 193 Å². The number of ether oxygens (including phenoxy) is 2. The van der Waals surface area contributed by atoms with E-state index in [4.69, 9.17) is 32.7 Å². The molecule has 4 heterocycles. The summed E-state index contributed by atoms with van der Waals surface area (Å²) in [6.45, 7) is 6.33. The van der Waals surface area contributed by atoms with Gasteiger partial charge >= 0.3 is 11.6 Å². The van der Waals surface area contributed by atoms with E-state index >= 15 is 0 Å². The van der Waals surface area contributed by atoms with Crippen LogP contribution in [0.15, 0.2) is 6.20 Å². The predicted molar refractivity (Wildman–Crippen MR) is 117 cm³/mol. The number of halogens is 2. The fourth-order valence-corrected chi connectivity index (χ4v) is 4.51. The highest BCUT2D eigenvalue weighted by atomic mass is 35.5. The standard InChI is InChI=1S/C19H23Cl2N7O4/c1-10-7-13(8-11(2)32-10)27-12(3)15(28(29)30)18(25-27)31-6-4-5-26-17-14(16(20)24-26)9-22-19(21)23-17/h9-11,13H,4-8H2,1-3H3. The van der Waals surface area contributed by atoms with Crippen LogP contribution in [0.4, 0.5) is 5.69 Å². The quantitative estimate of drug-likeness (QED) is 0.212. The van der Waals surface area contributed by atoms with Gasteiger partial charge in [-0.25, -0.2) is 9.67 Å². The van der Waals surface area contributed by atoms with Crippen LogP contribution in [-0.2, 0) is 11.3 Å². The van der Waals surface area contributed by atoms with E-state index in [-0.39, 0.29) is 46.9 Å². The zero-order chi connectivity index (χ0) is 23.0. The third-order valence-corrected chi connectivity index (χ3v) is 5.92. The second-order valence-electron chi connectivity index (χ2n) is 7.92. The fourth-order valence-electron chi connectivity index (χ4n) is 4.16. The number of nitrogens with zero attached hydrogens (tertiary/aromatic N) is 7. The summed E-state index contributed by atoms with van der Waals surface area (Å²) in [6, 6.07) is 0.0202. The van der Waals surface area contributed by atoms with E-state index in [0.717, 1.165) is 12.8 Å². The monoisotopic (exact) mass is 483 g/mol. The molecule has 1 aliphatic rings. The van der Waals surface area contributed by atoms with E-state index in [1.807, 2.05) is 13.8 Å². The molecule has 3 aromatic rings. The number of fused-ring (bicyclic) bond motifs is 1. The molecule has 1 aliphatic heterocycles. The lowest BCUT2D eigenvalue weighted by molar-refractivity contribution is -0.386. The minimum atomic E-state index is -0.444. The predicted octanol–water partition coefficient (Wildman–Crippen LogP) is 4.14. The summed E-state index contributed by atoms with van der Waals surface area (Å²) >= 11 is 12.0. The maximum absolute atomic E-state index is 11.7. The van der Waals surface area contributed by atoms with Crippen LogP contribution in [0.3, 0.4) is 0 Å². The highest BCUT2D eigenvalue weighted by Crippen LogP contribution is 2.36. The second-order valence-corrected chi connectivity index (χ2v) is 8.61. The molecule has 172 valence electrons. The third-order valence-electron chi connectivity index (χ3n) is 5.46. The summed E-state index contributed by atoms with van der Waals surface area (Å²) in [7, 11) is 0. The first-order chi connectivity index (χ1) is 15.2. The van der Waals surface area contributed by atoms with Gasteiger partial charge in [-0.1, -0.05) is 11.6 Å². The van der Waals surface area contributed by atoms with E-state index in [1.54, 1.807) is 16.3 Å². The molecular formula is C19H23Cl2N7O4.